The number of hydrogen-bond donors (Lipinski definition) is 0. The molecule has 0 fully saturated rings. The van der Waals surface area contributed by atoms with E-state index < -0.39 is 0 Å². The van der Waals surface area contributed by atoms with E-state index in [0.29, 0.717) is 11.5 Å². The molecule has 0 unspecified atom stereocenters. The fourth-order valence-corrected chi connectivity index (χ4v) is 4.48. The molecule has 0 aliphatic carbocycles. The summed E-state index contributed by atoms with van der Waals surface area (Å²) in [6, 6.07) is 25.3. The van der Waals surface area contributed by atoms with Gasteiger partial charge in [0.05, 0.1) is 17.2 Å². The number of benzene rings is 3. The molecule has 156 valence electrons. The third kappa shape index (κ3) is 3.16. The predicted molar refractivity (Wildman–Crippen MR) is 129 cm³/mol. The smallest absolute Gasteiger partial charge is 0.216 e. The van der Waals surface area contributed by atoms with Crippen LogP contribution in [0.15, 0.2) is 77.3 Å². The molecule has 2 heterocycles. The molecule has 0 spiro atoms. The molecule has 2 aromatic heterocycles. The molecule has 3 heteroatoms. The first-order chi connectivity index (χ1) is 15.5. The van der Waals surface area contributed by atoms with Gasteiger partial charge in [-0.25, -0.2) is 4.57 Å². The van der Waals surface area contributed by atoms with E-state index in [-0.39, 0.29) is 0 Å². The summed E-state index contributed by atoms with van der Waals surface area (Å²) in [7, 11) is 2.04. The number of aryl methyl sites for hydroxylation is 2. The van der Waals surface area contributed by atoms with Crippen molar-refractivity contribution in [2.24, 2.45) is 7.05 Å². The topological polar surface area (TPSA) is 40.8 Å². The zero-order chi connectivity index (χ0) is 22.4. The van der Waals surface area contributed by atoms with Gasteiger partial charge in [0.25, 0.3) is 0 Å². The zero-order valence-corrected chi connectivity index (χ0v) is 18.8. The first-order valence-corrected chi connectivity index (χ1v) is 10.9. The molecule has 5 rings (SSSR count). The summed E-state index contributed by atoms with van der Waals surface area (Å²) >= 11 is 0. The Morgan fingerprint density at radius 2 is 1.72 bits per heavy atom. The van der Waals surface area contributed by atoms with Gasteiger partial charge in [-0.05, 0) is 53.3 Å². The Hall–Kier alpha value is -3.90. The second kappa shape index (κ2) is 7.66. The SMILES string of the molecule is Cc1ccc2c(oc3cc(-c4ccc(C(C)C)cc4)cc(C#N)c32)c1-c1cccc[n+]1C. The zero-order valence-electron chi connectivity index (χ0n) is 18.8. The Kier molecular flexibility index (Phi) is 4.79. The number of aromatic nitrogens is 1. The lowest BCUT2D eigenvalue weighted by Gasteiger charge is -2.08. The summed E-state index contributed by atoms with van der Waals surface area (Å²) in [5.41, 5.74) is 8.86. The molecule has 0 atom stereocenters. The molecule has 0 N–H and O–H groups in total. The maximum Gasteiger partial charge on any atom is 0.216 e. The average Bonchev–Trinajstić information content (AvgIpc) is 3.17. The van der Waals surface area contributed by atoms with Gasteiger partial charge in [-0.2, -0.15) is 5.26 Å². The Balaban J connectivity index is 1.78. The standard InChI is InChI=1S/C29H25N2O/c1-18(2)20-9-11-21(12-10-20)22-15-23(17-30)28-24-13-8-19(3)27(29(24)32-26(28)16-22)25-7-5-6-14-31(25)4/h5-16,18H,1-4H3/q+1. The van der Waals surface area contributed by atoms with Gasteiger partial charge in [0, 0.05) is 22.9 Å². The largest absolute Gasteiger partial charge is 0.455 e. The Morgan fingerprint density at radius 3 is 2.41 bits per heavy atom. The van der Waals surface area contributed by atoms with E-state index in [1.54, 1.807) is 0 Å². The molecule has 0 amide bonds. The highest BCUT2D eigenvalue weighted by atomic mass is 16.3. The highest BCUT2D eigenvalue weighted by Crippen LogP contribution is 2.40. The van der Waals surface area contributed by atoms with Crippen molar-refractivity contribution in [1.82, 2.24) is 0 Å². The molecule has 5 aromatic rings. The van der Waals surface area contributed by atoms with Gasteiger partial charge < -0.3 is 4.42 Å². The fourth-order valence-electron chi connectivity index (χ4n) is 4.48. The van der Waals surface area contributed by atoms with E-state index in [2.05, 4.69) is 79.9 Å². The van der Waals surface area contributed by atoms with Crippen LogP contribution < -0.4 is 4.57 Å². The first kappa shape index (κ1) is 20.0. The molecule has 0 aliphatic rings. The number of fused-ring (bicyclic) bond motifs is 3. The molecule has 0 radical (unpaired) electrons. The predicted octanol–water partition coefficient (Wildman–Crippen LogP) is 7.05. The van der Waals surface area contributed by atoms with Crippen LogP contribution >= 0.6 is 0 Å². The summed E-state index contributed by atoms with van der Waals surface area (Å²) in [5, 5.41) is 11.8. The minimum atomic E-state index is 0.484. The summed E-state index contributed by atoms with van der Waals surface area (Å²) < 4.78 is 8.58. The highest BCUT2D eigenvalue weighted by Gasteiger charge is 2.22. The summed E-state index contributed by atoms with van der Waals surface area (Å²) in [5.74, 6) is 0.484. The van der Waals surface area contributed by atoms with Crippen molar-refractivity contribution in [3.8, 4) is 28.5 Å². The molecular weight excluding hydrogens is 392 g/mol. The van der Waals surface area contributed by atoms with Gasteiger partial charge in [-0.1, -0.05) is 50.2 Å². The third-order valence-electron chi connectivity index (χ3n) is 6.29. The van der Waals surface area contributed by atoms with Gasteiger partial charge in [-0.3, -0.25) is 0 Å². The van der Waals surface area contributed by atoms with Gasteiger partial charge in [0.15, 0.2) is 6.20 Å². The first-order valence-electron chi connectivity index (χ1n) is 10.9. The van der Waals surface area contributed by atoms with Crippen LogP contribution in [-0.4, -0.2) is 0 Å². The monoisotopic (exact) mass is 417 g/mol. The van der Waals surface area contributed by atoms with Crippen LogP contribution in [0.4, 0.5) is 0 Å². The van der Waals surface area contributed by atoms with E-state index in [9.17, 15) is 5.26 Å². The van der Waals surface area contributed by atoms with Gasteiger partial charge >= 0.3 is 0 Å². The van der Waals surface area contributed by atoms with Gasteiger partial charge in [-0.15, -0.1) is 0 Å². The molecule has 32 heavy (non-hydrogen) atoms. The molecular formula is C29H25N2O+. The average molecular weight is 418 g/mol. The van der Waals surface area contributed by atoms with Crippen molar-refractivity contribution in [2.75, 3.05) is 0 Å². The van der Waals surface area contributed by atoms with Gasteiger partial charge in [0.1, 0.15) is 18.2 Å². The highest BCUT2D eigenvalue weighted by molar-refractivity contribution is 6.12. The van der Waals surface area contributed by atoms with Crippen LogP contribution in [-0.2, 0) is 7.05 Å². The Bertz CT molecular complexity index is 1520. The van der Waals surface area contributed by atoms with Crippen molar-refractivity contribution in [3.05, 3.63) is 89.6 Å². The summed E-state index contributed by atoms with van der Waals surface area (Å²) in [6.45, 7) is 6.48. The maximum atomic E-state index is 9.99. The number of rotatable bonds is 3. The lowest BCUT2D eigenvalue weighted by atomic mass is 9.95. The Labute approximate surface area is 188 Å². The van der Waals surface area contributed by atoms with Crippen LogP contribution in [0, 0.1) is 18.3 Å². The number of hydrogen-bond acceptors (Lipinski definition) is 2. The molecule has 0 bridgehead atoms. The van der Waals surface area contributed by atoms with E-state index in [0.717, 1.165) is 49.9 Å². The van der Waals surface area contributed by atoms with Crippen LogP contribution in [0.3, 0.4) is 0 Å². The van der Waals surface area contributed by atoms with E-state index in [1.807, 2.05) is 31.4 Å². The van der Waals surface area contributed by atoms with Crippen molar-refractivity contribution in [3.63, 3.8) is 0 Å². The minimum Gasteiger partial charge on any atom is -0.455 e. The van der Waals surface area contributed by atoms with E-state index in [4.69, 9.17) is 4.42 Å². The maximum absolute atomic E-state index is 9.99. The lowest BCUT2D eigenvalue weighted by Crippen LogP contribution is -2.30. The van der Waals surface area contributed by atoms with Crippen molar-refractivity contribution in [1.29, 1.82) is 5.26 Å². The van der Waals surface area contributed by atoms with Crippen LogP contribution in [0.1, 0.15) is 36.5 Å². The second-order valence-electron chi connectivity index (χ2n) is 8.72. The van der Waals surface area contributed by atoms with Crippen molar-refractivity contribution in [2.45, 2.75) is 26.7 Å². The van der Waals surface area contributed by atoms with Crippen LogP contribution in [0.2, 0.25) is 0 Å². The van der Waals surface area contributed by atoms with Crippen LogP contribution in [0.25, 0.3) is 44.3 Å². The lowest BCUT2D eigenvalue weighted by molar-refractivity contribution is -0.660. The van der Waals surface area contributed by atoms with Gasteiger partial charge in [0.2, 0.25) is 5.69 Å². The summed E-state index contributed by atoms with van der Waals surface area (Å²) in [4.78, 5) is 0. The van der Waals surface area contributed by atoms with E-state index >= 15 is 0 Å². The van der Waals surface area contributed by atoms with Crippen molar-refractivity contribution < 1.29 is 8.98 Å². The minimum absolute atomic E-state index is 0.484. The quantitative estimate of drug-likeness (QED) is 0.295. The number of nitrogens with zero attached hydrogens (tertiary/aromatic N) is 2. The molecule has 3 aromatic carbocycles. The fraction of sp³-hybridized carbons (Fsp3) is 0.172. The second-order valence-corrected chi connectivity index (χ2v) is 8.72. The third-order valence-corrected chi connectivity index (χ3v) is 6.29. The number of pyridine rings is 1. The Morgan fingerprint density at radius 1 is 0.938 bits per heavy atom. The number of furan rings is 1. The molecule has 0 aliphatic heterocycles. The number of nitriles is 1. The molecule has 0 saturated heterocycles. The van der Waals surface area contributed by atoms with Crippen LogP contribution in [0.5, 0.6) is 0 Å². The molecule has 3 nitrogen and oxygen atoms in total. The van der Waals surface area contributed by atoms with Crippen molar-refractivity contribution >= 4 is 21.9 Å². The summed E-state index contributed by atoms with van der Waals surface area (Å²) in [6.07, 6.45) is 2.04. The molecule has 0 saturated carbocycles. The van der Waals surface area contributed by atoms with E-state index in [1.165, 1.54) is 5.56 Å². The normalized spacial score (nSPS) is 11.4.